The topological polar surface area (TPSA) is 108 Å². The van der Waals surface area contributed by atoms with Gasteiger partial charge in [-0.3, -0.25) is 0 Å². The van der Waals surface area contributed by atoms with E-state index in [1.54, 1.807) is 37.4 Å². The van der Waals surface area contributed by atoms with Gasteiger partial charge >= 0.3 is 0 Å². The third-order valence-corrected chi connectivity index (χ3v) is 8.54. The number of ether oxygens (including phenoxy) is 1. The van der Waals surface area contributed by atoms with Crippen molar-refractivity contribution in [3.05, 3.63) is 127 Å². The lowest BCUT2D eigenvalue weighted by Crippen LogP contribution is -2.23. The third kappa shape index (κ3) is 5.27. The Balaban J connectivity index is 1.42. The first-order valence-corrected chi connectivity index (χ1v) is 14.8. The first-order chi connectivity index (χ1) is 20.5. The van der Waals surface area contributed by atoms with Gasteiger partial charge in [0.25, 0.3) is 0 Å². The second-order valence-corrected chi connectivity index (χ2v) is 11.5. The summed E-state index contributed by atoms with van der Waals surface area (Å²) in [6.07, 6.45) is 1.88. The number of fused-ring (bicyclic) bond motifs is 1. The average molecular weight is 571 g/mol. The highest BCUT2D eigenvalue weighted by Gasteiger charge is 2.20. The largest absolute Gasteiger partial charge is 0.497 e. The zero-order valence-corrected chi connectivity index (χ0v) is 23.5. The van der Waals surface area contributed by atoms with E-state index in [1.807, 2.05) is 85.1 Å². The molecule has 0 saturated heterocycles. The molecule has 0 unspecified atom stereocenters. The number of sulfonamides is 1. The number of nitrogens with one attached hydrogen (secondary N) is 2. The number of methoxy groups -OCH3 is 1. The number of nitriles is 1. The summed E-state index contributed by atoms with van der Waals surface area (Å²) in [7, 11) is -2.01. The second kappa shape index (κ2) is 11.3. The van der Waals surface area contributed by atoms with Crippen molar-refractivity contribution in [2.75, 3.05) is 7.11 Å². The fraction of sp³-hybridized carbons (Fsp3) is 0.0588. The summed E-state index contributed by atoms with van der Waals surface area (Å²) in [4.78, 5) is 8.52. The van der Waals surface area contributed by atoms with E-state index in [4.69, 9.17) is 9.72 Å². The van der Waals surface area contributed by atoms with E-state index in [0.717, 1.165) is 38.7 Å². The molecule has 0 aliphatic heterocycles. The molecule has 0 aliphatic rings. The molecule has 2 heterocycles. The maximum Gasteiger partial charge on any atom is 0.240 e. The number of para-hydroxylation sites is 1. The molecule has 4 aromatic carbocycles. The Morgan fingerprint density at radius 1 is 0.857 bits per heavy atom. The lowest BCUT2D eigenvalue weighted by Gasteiger charge is -2.14. The Kier molecular flexibility index (Phi) is 7.28. The number of hydrogen-bond acceptors (Lipinski definition) is 5. The Morgan fingerprint density at radius 2 is 1.62 bits per heavy atom. The number of nitrogens with zero attached hydrogens (tertiary/aromatic N) is 2. The van der Waals surface area contributed by atoms with Gasteiger partial charge in [0.2, 0.25) is 10.0 Å². The van der Waals surface area contributed by atoms with Crippen molar-refractivity contribution in [2.24, 2.45) is 0 Å². The van der Waals surface area contributed by atoms with Crippen LogP contribution in [0.2, 0.25) is 0 Å². The number of H-pyrrole nitrogens is 1. The van der Waals surface area contributed by atoms with Crippen LogP contribution in [0.5, 0.6) is 5.75 Å². The second-order valence-electron chi connectivity index (χ2n) is 9.70. The highest BCUT2D eigenvalue weighted by Crippen LogP contribution is 2.38. The summed E-state index contributed by atoms with van der Waals surface area (Å²) in [5.41, 5.74) is 6.71. The molecule has 2 aromatic heterocycles. The van der Waals surface area contributed by atoms with Crippen molar-refractivity contribution in [3.8, 4) is 45.5 Å². The minimum absolute atomic E-state index is 0.147. The maximum atomic E-state index is 12.7. The third-order valence-electron chi connectivity index (χ3n) is 7.13. The number of aromatic amines is 1. The molecule has 42 heavy (non-hydrogen) atoms. The van der Waals surface area contributed by atoms with Gasteiger partial charge in [-0.05, 0) is 47.5 Å². The number of rotatable bonds is 8. The highest BCUT2D eigenvalue weighted by atomic mass is 32.2. The predicted molar refractivity (Wildman–Crippen MR) is 164 cm³/mol. The van der Waals surface area contributed by atoms with Crippen molar-refractivity contribution in [1.29, 1.82) is 5.26 Å². The van der Waals surface area contributed by atoms with Crippen LogP contribution in [0.15, 0.2) is 120 Å². The molecule has 0 spiro atoms. The van der Waals surface area contributed by atoms with E-state index < -0.39 is 10.0 Å². The zero-order valence-electron chi connectivity index (χ0n) is 22.7. The molecule has 0 amide bonds. The fourth-order valence-corrected chi connectivity index (χ4v) is 5.98. The first-order valence-electron chi connectivity index (χ1n) is 13.3. The van der Waals surface area contributed by atoms with E-state index in [-0.39, 0.29) is 11.4 Å². The van der Waals surface area contributed by atoms with E-state index in [0.29, 0.717) is 22.7 Å². The summed E-state index contributed by atoms with van der Waals surface area (Å²) in [6.45, 7) is 0.147. The molecule has 7 nitrogen and oxygen atoms in total. The Morgan fingerprint density at radius 3 is 2.38 bits per heavy atom. The predicted octanol–water partition coefficient (Wildman–Crippen LogP) is 6.92. The Bertz CT molecular complexity index is 2050. The summed E-state index contributed by atoms with van der Waals surface area (Å²) in [6, 6.07) is 35.7. The normalized spacial score (nSPS) is 11.3. The van der Waals surface area contributed by atoms with Crippen LogP contribution in [0.25, 0.3) is 44.5 Å². The van der Waals surface area contributed by atoms with Crippen molar-refractivity contribution in [3.63, 3.8) is 0 Å². The number of aromatic nitrogens is 2. The van der Waals surface area contributed by atoms with Crippen LogP contribution in [0.1, 0.15) is 11.1 Å². The average Bonchev–Trinajstić information content (AvgIpc) is 3.48. The van der Waals surface area contributed by atoms with Crippen molar-refractivity contribution in [1.82, 2.24) is 14.7 Å². The fourth-order valence-electron chi connectivity index (χ4n) is 4.94. The maximum absolute atomic E-state index is 12.7. The standard InChI is InChI=1S/C34H26N4O3S/c1-41-26-9-7-8-25(18-26)29-19-33(38-34(30(29)20-35)31-22-36-32-13-6-5-12-28(31)32)24-16-14-23(15-17-24)21-37-42(39,40)27-10-3-2-4-11-27/h2-19,22,36-37H,21H2,1H3. The van der Waals surface area contributed by atoms with Gasteiger partial charge in [-0.25, -0.2) is 18.1 Å². The smallest absolute Gasteiger partial charge is 0.240 e. The van der Waals surface area contributed by atoms with Crippen LogP contribution in [-0.2, 0) is 16.6 Å². The SMILES string of the molecule is COc1cccc(-c2cc(-c3ccc(CNS(=O)(=O)c4ccccc4)cc3)nc(-c3c[nH]c4ccccc34)c2C#N)c1. The van der Waals surface area contributed by atoms with Gasteiger partial charge in [0, 0.05) is 40.3 Å². The quantitative estimate of drug-likeness (QED) is 0.206. The molecule has 0 aliphatic carbocycles. The molecule has 0 atom stereocenters. The Labute approximate surface area is 244 Å². The van der Waals surface area contributed by atoms with Gasteiger partial charge < -0.3 is 9.72 Å². The number of pyridine rings is 1. The van der Waals surface area contributed by atoms with Crippen LogP contribution < -0.4 is 9.46 Å². The summed E-state index contributed by atoms with van der Waals surface area (Å²) < 4.78 is 33.4. The molecule has 8 heteroatoms. The first kappa shape index (κ1) is 27.0. The van der Waals surface area contributed by atoms with E-state index in [2.05, 4.69) is 15.8 Å². The van der Waals surface area contributed by atoms with Crippen molar-refractivity contribution >= 4 is 20.9 Å². The zero-order chi connectivity index (χ0) is 29.1. The van der Waals surface area contributed by atoms with Crippen LogP contribution in [0, 0.1) is 11.3 Å². The van der Waals surface area contributed by atoms with Gasteiger partial charge in [0.1, 0.15) is 11.8 Å². The van der Waals surface area contributed by atoms with Crippen LogP contribution >= 0.6 is 0 Å². The molecule has 2 N–H and O–H groups in total. The van der Waals surface area contributed by atoms with E-state index in [1.165, 1.54) is 0 Å². The van der Waals surface area contributed by atoms with Gasteiger partial charge in [0.05, 0.1) is 29.0 Å². The summed E-state index contributed by atoms with van der Waals surface area (Å²) in [5, 5.41) is 11.3. The van der Waals surface area contributed by atoms with Crippen molar-refractivity contribution in [2.45, 2.75) is 11.4 Å². The molecule has 6 rings (SSSR count). The molecule has 0 radical (unpaired) electrons. The summed E-state index contributed by atoms with van der Waals surface area (Å²) >= 11 is 0. The molecule has 0 fully saturated rings. The van der Waals surface area contributed by atoms with Gasteiger partial charge in [0.15, 0.2) is 0 Å². The van der Waals surface area contributed by atoms with E-state index >= 15 is 0 Å². The molecule has 0 bridgehead atoms. The van der Waals surface area contributed by atoms with E-state index in [9.17, 15) is 13.7 Å². The lowest BCUT2D eigenvalue weighted by molar-refractivity contribution is 0.415. The van der Waals surface area contributed by atoms with Crippen LogP contribution in [0.3, 0.4) is 0 Å². The molecule has 206 valence electrons. The minimum atomic E-state index is -3.63. The van der Waals surface area contributed by atoms with Crippen molar-refractivity contribution < 1.29 is 13.2 Å². The number of hydrogen-bond donors (Lipinski definition) is 2. The summed E-state index contributed by atoms with van der Waals surface area (Å²) in [5.74, 6) is 0.686. The molecular formula is C34H26N4O3S. The lowest BCUT2D eigenvalue weighted by atomic mass is 9.94. The highest BCUT2D eigenvalue weighted by molar-refractivity contribution is 7.89. The Hall–Kier alpha value is -5.23. The monoisotopic (exact) mass is 570 g/mol. The number of benzene rings is 4. The minimum Gasteiger partial charge on any atom is -0.497 e. The molecular weight excluding hydrogens is 544 g/mol. The van der Waals surface area contributed by atoms with Crippen LogP contribution in [0.4, 0.5) is 0 Å². The van der Waals surface area contributed by atoms with Gasteiger partial charge in [-0.15, -0.1) is 0 Å². The van der Waals surface area contributed by atoms with Gasteiger partial charge in [-0.1, -0.05) is 72.8 Å². The van der Waals surface area contributed by atoms with Gasteiger partial charge in [-0.2, -0.15) is 5.26 Å². The van der Waals surface area contributed by atoms with Crippen LogP contribution in [-0.4, -0.2) is 25.5 Å². The molecule has 6 aromatic rings. The molecule has 0 saturated carbocycles.